The monoisotopic (exact) mass is 377 g/mol. The van der Waals surface area contributed by atoms with E-state index in [9.17, 15) is 4.79 Å². The van der Waals surface area contributed by atoms with Crippen LogP contribution in [0.5, 0.6) is 11.5 Å². The average molecular weight is 378 g/mol. The van der Waals surface area contributed by atoms with Crippen LogP contribution in [-0.4, -0.2) is 31.7 Å². The van der Waals surface area contributed by atoms with Crippen molar-refractivity contribution >= 4 is 29.0 Å². The van der Waals surface area contributed by atoms with Gasteiger partial charge in [0.25, 0.3) is 5.91 Å². The standard InChI is InChI=1S/C19H24ClN3O3/c1-12(2)5-7-21-18-9-13(6-8-22-18)19(24)23-15-11-16(25-3)14(20)10-17(15)26-4/h6,8-12H,5,7H2,1-4H3,(H,21,22)(H,23,24). The molecule has 1 heterocycles. The van der Waals surface area contributed by atoms with Crippen LogP contribution in [0.4, 0.5) is 11.5 Å². The van der Waals surface area contributed by atoms with Crippen LogP contribution in [0.25, 0.3) is 0 Å². The van der Waals surface area contributed by atoms with Gasteiger partial charge in [-0.05, 0) is 24.5 Å². The first-order chi connectivity index (χ1) is 12.4. The summed E-state index contributed by atoms with van der Waals surface area (Å²) in [5, 5.41) is 6.46. The minimum atomic E-state index is -0.276. The number of pyridine rings is 1. The molecule has 0 aliphatic rings. The molecule has 0 aliphatic carbocycles. The molecule has 7 heteroatoms. The predicted molar refractivity (Wildman–Crippen MR) is 105 cm³/mol. The molecule has 6 nitrogen and oxygen atoms in total. The molecule has 2 N–H and O–H groups in total. The SMILES string of the molecule is COc1cc(NC(=O)c2ccnc(NCCC(C)C)c2)c(OC)cc1Cl. The van der Waals surface area contributed by atoms with Crippen LogP contribution in [0.2, 0.25) is 5.02 Å². The van der Waals surface area contributed by atoms with Crippen LogP contribution < -0.4 is 20.1 Å². The number of ether oxygens (including phenoxy) is 2. The maximum atomic E-state index is 12.6. The summed E-state index contributed by atoms with van der Waals surface area (Å²) in [5.74, 6) is 1.89. The lowest BCUT2D eigenvalue weighted by atomic mass is 10.1. The van der Waals surface area contributed by atoms with Gasteiger partial charge in [0.2, 0.25) is 0 Å². The van der Waals surface area contributed by atoms with Gasteiger partial charge in [0, 0.05) is 30.4 Å². The van der Waals surface area contributed by atoms with Crippen LogP contribution in [0, 0.1) is 5.92 Å². The average Bonchev–Trinajstić information content (AvgIpc) is 2.62. The number of methoxy groups -OCH3 is 2. The Hall–Kier alpha value is -2.47. The van der Waals surface area contributed by atoms with E-state index in [0.29, 0.717) is 39.5 Å². The summed E-state index contributed by atoms with van der Waals surface area (Å²) in [7, 11) is 3.02. The van der Waals surface area contributed by atoms with Crippen LogP contribution >= 0.6 is 11.6 Å². The summed E-state index contributed by atoms with van der Waals surface area (Å²) in [6, 6.07) is 6.60. The van der Waals surface area contributed by atoms with Crippen molar-refractivity contribution in [3.8, 4) is 11.5 Å². The van der Waals surface area contributed by atoms with Gasteiger partial charge in [-0.2, -0.15) is 0 Å². The Morgan fingerprint density at radius 3 is 2.58 bits per heavy atom. The van der Waals surface area contributed by atoms with Crippen molar-refractivity contribution in [2.45, 2.75) is 20.3 Å². The minimum absolute atomic E-state index is 0.276. The third-order valence-corrected chi connectivity index (χ3v) is 4.07. The summed E-state index contributed by atoms with van der Waals surface area (Å²) >= 11 is 6.09. The second-order valence-electron chi connectivity index (χ2n) is 6.18. The fourth-order valence-electron chi connectivity index (χ4n) is 2.31. The van der Waals surface area contributed by atoms with Crippen molar-refractivity contribution in [2.75, 3.05) is 31.4 Å². The van der Waals surface area contributed by atoms with E-state index in [2.05, 4.69) is 29.5 Å². The lowest BCUT2D eigenvalue weighted by Crippen LogP contribution is -2.14. The van der Waals surface area contributed by atoms with Gasteiger partial charge in [-0.1, -0.05) is 25.4 Å². The van der Waals surface area contributed by atoms with E-state index in [1.165, 1.54) is 14.2 Å². The Morgan fingerprint density at radius 2 is 1.92 bits per heavy atom. The number of amides is 1. The molecule has 0 spiro atoms. The predicted octanol–water partition coefficient (Wildman–Crippen LogP) is 4.46. The van der Waals surface area contributed by atoms with E-state index in [4.69, 9.17) is 21.1 Å². The van der Waals surface area contributed by atoms with E-state index >= 15 is 0 Å². The molecule has 0 aliphatic heterocycles. The van der Waals surface area contributed by atoms with Gasteiger partial charge < -0.3 is 20.1 Å². The third-order valence-electron chi connectivity index (χ3n) is 3.77. The number of benzene rings is 1. The highest BCUT2D eigenvalue weighted by molar-refractivity contribution is 6.32. The molecule has 1 amide bonds. The Bertz CT molecular complexity index is 766. The van der Waals surface area contributed by atoms with Crippen molar-refractivity contribution in [1.82, 2.24) is 4.98 Å². The zero-order valence-electron chi connectivity index (χ0n) is 15.4. The second kappa shape index (κ2) is 9.29. The molecule has 2 aromatic rings. The first-order valence-corrected chi connectivity index (χ1v) is 8.75. The van der Waals surface area contributed by atoms with Crippen LogP contribution in [0.3, 0.4) is 0 Å². The topological polar surface area (TPSA) is 72.5 Å². The van der Waals surface area contributed by atoms with Gasteiger partial charge in [-0.25, -0.2) is 4.98 Å². The number of aromatic nitrogens is 1. The molecule has 0 bridgehead atoms. The molecule has 0 saturated heterocycles. The smallest absolute Gasteiger partial charge is 0.255 e. The number of halogens is 1. The maximum absolute atomic E-state index is 12.6. The molecule has 0 atom stereocenters. The van der Waals surface area contributed by atoms with Gasteiger partial charge in [-0.3, -0.25) is 4.79 Å². The molecule has 26 heavy (non-hydrogen) atoms. The van der Waals surface area contributed by atoms with Gasteiger partial charge in [0.15, 0.2) is 0 Å². The zero-order valence-corrected chi connectivity index (χ0v) is 16.2. The van der Waals surface area contributed by atoms with Crippen LogP contribution in [-0.2, 0) is 0 Å². The van der Waals surface area contributed by atoms with Crippen molar-refractivity contribution < 1.29 is 14.3 Å². The number of carbonyl (C=O) groups excluding carboxylic acids is 1. The molecular formula is C19H24ClN3O3. The zero-order chi connectivity index (χ0) is 19.1. The highest BCUT2D eigenvalue weighted by atomic mass is 35.5. The molecule has 1 aromatic heterocycles. The highest BCUT2D eigenvalue weighted by Crippen LogP contribution is 2.36. The molecule has 0 saturated carbocycles. The second-order valence-corrected chi connectivity index (χ2v) is 6.59. The summed E-state index contributed by atoms with van der Waals surface area (Å²) < 4.78 is 10.5. The van der Waals surface area contributed by atoms with E-state index in [-0.39, 0.29) is 5.91 Å². The Labute approximate surface area is 158 Å². The van der Waals surface area contributed by atoms with Gasteiger partial charge in [0.05, 0.1) is 24.9 Å². The normalized spacial score (nSPS) is 10.5. The maximum Gasteiger partial charge on any atom is 0.255 e. The first-order valence-electron chi connectivity index (χ1n) is 8.37. The van der Waals surface area contributed by atoms with E-state index in [0.717, 1.165) is 13.0 Å². The summed E-state index contributed by atoms with van der Waals surface area (Å²) in [6.45, 7) is 5.12. The van der Waals surface area contributed by atoms with Crippen molar-refractivity contribution in [3.63, 3.8) is 0 Å². The Kier molecular flexibility index (Phi) is 7.09. The number of carbonyl (C=O) groups is 1. The van der Waals surface area contributed by atoms with Crippen LogP contribution in [0.15, 0.2) is 30.5 Å². The molecule has 140 valence electrons. The Balaban J connectivity index is 2.15. The minimum Gasteiger partial charge on any atom is -0.495 e. The third kappa shape index (κ3) is 5.26. The molecule has 0 fully saturated rings. The number of rotatable bonds is 8. The lowest BCUT2D eigenvalue weighted by Gasteiger charge is -2.13. The number of nitrogens with zero attached hydrogens (tertiary/aromatic N) is 1. The van der Waals surface area contributed by atoms with Gasteiger partial charge in [-0.15, -0.1) is 0 Å². The summed E-state index contributed by atoms with van der Waals surface area (Å²) in [5.41, 5.74) is 0.966. The Morgan fingerprint density at radius 1 is 1.19 bits per heavy atom. The molecule has 0 radical (unpaired) electrons. The number of anilines is 2. The quantitative estimate of drug-likeness (QED) is 0.710. The van der Waals surface area contributed by atoms with Gasteiger partial charge in [0.1, 0.15) is 17.3 Å². The summed E-state index contributed by atoms with van der Waals surface area (Å²) in [4.78, 5) is 16.9. The van der Waals surface area contributed by atoms with E-state index < -0.39 is 0 Å². The number of hydrogen-bond acceptors (Lipinski definition) is 5. The molecule has 2 rings (SSSR count). The lowest BCUT2D eigenvalue weighted by molar-refractivity contribution is 0.102. The van der Waals surface area contributed by atoms with Gasteiger partial charge >= 0.3 is 0 Å². The van der Waals surface area contributed by atoms with E-state index in [1.807, 2.05) is 0 Å². The van der Waals surface area contributed by atoms with Crippen molar-refractivity contribution in [1.29, 1.82) is 0 Å². The van der Waals surface area contributed by atoms with Crippen LogP contribution in [0.1, 0.15) is 30.6 Å². The number of hydrogen-bond donors (Lipinski definition) is 2. The van der Waals surface area contributed by atoms with Crippen molar-refractivity contribution in [2.24, 2.45) is 5.92 Å². The molecular weight excluding hydrogens is 354 g/mol. The van der Waals surface area contributed by atoms with E-state index in [1.54, 1.807) is 30.5 Å². The molecule has 0 unspecified atom stereocenters. The fraction of sp³-hybridized carbons (Fsp3) is 0.368. The first kappa shape index (κ1) is 19.8. The molecule has 1 aromatic carbocycles. The van der Waals surface area contributed by atoms with Crippen molar-refractivity contribution in [3.05, 3.63) is 41.0 Å². The largest absolute Gasteiger partial charge is 0.495 e. The highest BCUT2D eigenvalue weighted by Gasteiger charge is 2.14. The summed E-state index contributed by atoms with van der Waals surface area (Å²) in [6.07, 6.45) is 2.63. The fourth-order valence-corrected chi connectivity index (χ4v) is 2.54. The number of nitrogens with one attached hydrogen (secondary N) is 2.